The first-order chi connectivity index (χ1) is 6.58. The standard InChI is InChI=1S/C10H17BrO2S/c11-10-4-2-1-3-9(10)8-5-6-14(12,13)7-8/h8-10H,1-7H2. The molecule has 3 atom stereocenters. The third-order valence-electron chi connectivity index (χ3n) is 3.61. The minimum atomic E-state index is -2.69. The monoisotopic (exact) mass is 280 g/mol. The number of hydrogen-bond donors (Lipinski definition) is 0. The first kappa shape index (κ1) is 10.9. The molecule has 0 amide bonds. The predicted molar refractivity (Wildman–Crippen MR) is 61.4 cm³/mol. The lowest BCUT2D eigenvalue weighted by molar-refractivity contribution is 0.281. The van der Waals surface area contributed by atoms with Gasteiger partial charge in [0.15, 0.2) is 9.84 Å². The van der Waals surface area contributed by atoms with Gasteiger partial charge in [-0.25, -0.2) is 8.42 Å². The molecule has 0 N–H and O–H groups in total. The molecule has 1 aliphatic carbocycles. The Kier molecular flexibility index (Phi) is 3.22. The van der Waals surface area contributed by atoms with Crippen molar-refractivity contribution in [2.75, 3.05) is 11.5 Å². The number of sulfone groups is 1. The second kappa shape index (κ2) is 4.12. The summed E-state index contributed by atoms with van der Waals surface area (Å²) >= 11 is 3.71. The van der Waals surface area contributed by atoms with Crippen LogP contribution in [0.15, 0.2) is 0 Å². The van der Waals surface area contributed by atoms with Crippen LogP contribution in [-0.4, -0.2) is 24.8 Å². The zero-order chi connectivity index (χ0) is 10.2. The molecule has 4 heteroatoms. The van der Waals surface area contributed by atoms with Gasteiger partial charge < -0.3 is 0 Å². The van der Waals surface area contributed by atoms with Gasteiger partial charge in [0.05, 0.1) is 11.5 Å². The van der Waals surface area contributed by atoms with Gasteiger partial charge in [-0.2, -0.15) is 0 Å². The van der Waals surface area contributed by atoms with Crippen LogP contribution in [-0.2, 0) is 9.84 Å². The Hall–Kier alpha value is 0.430. The van der Waals surface area contributed by atoms with Crippen LogP contribution < -0.4 is 0 Å². The highest BCUT2D eigenvalue weighted by Gasteiger charge is 2.37. The first-order valence-corrected chi connectivity index (χ1v) is 8.17. The molecule has 0 spiro atoms. The van der Waals surface area contributed by atoms with E-state index in [4.69, 9.17) is 0 Å². The van der Waals surface area contributed by atoms with Crippen molar-refractivity contribution in [2.24, 2.45) is 11.8 Å². The first-order valence-electron chi connectivity index (χ1n) is 5.43. The van der Waals surface area contributed by atoms with Crippen LogP contribution in [0.2, 0.25) is 0 Å². The van der Waals surface area contributed by atoms with E-state index < -0.39 is 9.84 Å². The molecule has 2 rings (SSSR count). The summed E-state index contributed by atoms with van der Waals surface area (Å²) in [6, 6.07) is 0. The highest BCUT2D eigenvalue weighted by atomic mass is 79.9. The number of halogens is 1. The number of rotatable bonds is 1. The minimum Gasteiger partial charge on any atom is -0.229 e. The second-order valence-electron chi connectivity index (χ2n) is 4.63. The van der Waals surface area contributed by atoms with Crippen LogP contribution in [0.5, 0.6) is 0 Å². The van der Waals surface area contributed by atoms with E-state index in [9.17, 15) is 8.42 Å². The molecule has 2 fully saturated rings. The summed E-state index contributed by atoms with van der Waals surface area (Å²) in [6.07, 6.45) is 5.92. The highest BCUT2D eigenvalue weighted by Crippen LogP contribution is 2.39. The van der Waals surface area contributed by atoms with E-state index in [1.54, 1.807) is 0 Å². The summed E-state index contributed by atoms with van der Waals surface area (Å²) in [6.45, 7) is 0. The smallest absolute Gasteiger partial charge is 0.150 e. The van der Waals surface area contributed by atoms with E-state index in [0.29, 0.717) is 28.2 Å². The summed E-state index contributed by atoms with van der Waals surface area (Å²) in [5.41, 5.74) is 0. The molecule has 0 radical (unpaired) electrons. The van der Waals surface area contributed by atoms with Gasteiger partial charge in [0.1, 0.15) is 0 Å². The van der Waals surface area contributed by atoms with E-state index in [1.807, 2.05) is 0 Å². The van der Waals surface area contributed by atoms with Crippen molar-refractivity contribution in [2.45, 2.75) is 36.9 Å². The van der Waals surface area contributed by atoms with Crippen LogP contribution in [0, 0.1) is 11.8 Å². The average Bonchev–Trinajstić information content (AvgIpc) is 2.47. The Bertz CT molecular complexity index is 299. The van der Waals surface area contributed by atoms with E-state index in [0.717, 1.165) is 6.42 Å². The van der Waals surface area contributed by atoms with Crippen molar-refractivity contribution in [3.8, 4) is 0 Å². The fourth-order valence-corrected chi connectivity index (χ4v) is 5.72. The Balaban J connectivity index is 2.01. The summed E-state index contributed by atoms with van der Waals surface area (Å²) in [4.78, 5) is 0.564. The van der Waals surface area contributed by atoms with Crippen molar-refractivity contribution >= 4 is 25.8 Å². The molecule has 0 bridgehead atoms. The Morgan fingerprint density at radius 1 is 1.07 bits per heavy atom. The van der Waals surface area contributed by atoms with Crippen LogP contribution >= 0.6 is 15.9 Å². The summed E-state index contributed by atoms with van der Waals surface area (Å²) < 4.78 is 22.7. The Morgan fingerprint density at radius 3 is 2.36 bits per heavy atom. The van der Waals surface area contributed by atoms with E-state index in [1.165, 1.54) is 25.7 Å². The molecule has 2 nitrogen and oxygen atoms in total. The maximum absolute atomic E-state index is 11.4. The number of alkyl halides is 1. The zero-order valence-electron chi connectivity index (χ0n) is 8.28. The minimum absolute atomic E-state index is 0.424. The van der Waals surface area contributed by atoms with Crippen LogP contribution in [0.25, 0.3) is 0 Å². The van der Waals surface area contributed by atoms with Crippen LogP contribution in [0.4, 0.5) is 0 Å². The van der Waals surface area contributed by atoms with E-state index >= 15 is 0 Å². The van der Waals surface area contributed by atoms with Gasteiger partial charge in [0.25, 0.3) is 0 Å². The molecule has 82 valence electrons. The van der Waals surface area contributed by atoms with Gasteiger partial charge in [-0.1, -0.05) is 28.8 Å². The Labute approximate surface area is 94.5 Å². The normalized spacial score (nSPS) is 42.5. The van der Waals surface area contributed by atoms with Crippen LogP contribution in [0.1, 0.15) is 32.1 Å². The van der Waals surface area contributed by atoms with Crippen molar-refractivity contribution < 1.29 is 8.42 Å². The van der Waals surface area contributed by atoms with Crippen molar-refractivity contribution in [1.29, 1.82) is 0 Å². The van der Waals surface area contributed by atoms with Crippen LogP contribution in [0.3, 0.4) is 0 Å². The maximum Gasteiger partial charge on any atom is 0.150 e. The van der Waals surface area contributed by atoms with Crippen molar-refractivity contribution in [3.63, 3.8) is 0 Å². The molecular formula is C10H17BrO2S. The predicted octanol–water partition coefficient (Wildman–Crippen LogP) is 2.37. The molecule has 1 saturated heterocycles. The highest BCUT2D eigenvalue weighted by molar-refractivity contribution is 9.09. The average molecular weight is 281 g/mol. The van der Waals surface area contributed by atoms with Crippen molar-refractivity contribution in [1.82, 2.24) is 0 Å². The third kappa shape index (κ3) is 2.32. The second-order valence-corrected chi connectivity index (χ2v) is 8.03. The molecule has 3 unspecified atom stereocenters. The lowest BCUT2D eigenvalue weighted by Gasteiger charge is -2.31. The summed E-state index contributed by atoms with van der Waals surface area (Å²) in [5.74, 6) is 1.92. The van der Waals surface area contributed by atoms with E-state index in [2.05, 4.69) is 15.9 Å². The number of hydrogen-bond acceptors (Lipinski definition) is 2. The maximum atomic E-state index is 11.4. The van der Waals surface area contributed by atoms with Gasteiger partial charge in [-0.3, -0.25) is 0 Å². The SMILES string of the molecule is O=S1(=O)CCC(C2CCCCC2Br)C1. The zero-order valence-corrected chi connectivity index (χ0v) is 10.7. The van der Waals surface area contributed by atoms with E-state index in [-0.39, 0.29) is 0 Å². The largest absolute Gasteiger partial charge is 0.229 e. The van der Waals surface area contributed by atoms with Gasteiger partial charge in [-0.05, 0) is 31.1 Å². The Morgan fingerprint density at radius 2 is 1.79 bits per heavy atom. The molecule has 0 aromatic rings. The summed E-state index contributed by atoms with van der Waals surface area (Å²) in [5, 5.41) is 0. The fraction of sp³-hybridized carbons (Fsp3) is 1.00. The topological polar surface area (TPSA) is 34.1 Å². The molecule has 0 aromatic heterocycles. The molecule has 1 saturated carbocycles. The molecule has 14 heavy (non-hydrogen) atoms. The molecule has 0 aromatic carbocycles. The fourth-order valence-electron chi connectivity index (χ4n) is 2.81. The lowest BCUT2D eigenvalue weighted by Crippen LogP contribution is -2.27. The van der Waals surface area contributed by atoms with Gasteiger partial charge in [0, 0.05) is 4.83 Å². The third-order valence-corrected chi connectivity index (χ3v) is 6.54. The van der Waals surface area contributed by atoms with Crippen molar-refractivity contribution in [3.05, 3.63) is 0 Å². The summed E-state index contributed by atoms with van der Waals surface area (Å²) in [7, 11) is -2.69. The quantitative estimate of drug-likeness (QED) is 0.691. The van der Waals surface area contributed by atoms with Gasteiger partial charge in [-0.15, -0.1) is 0 Å². The molecule has 1 heterocycles. The lowest BCUT2D eigenvalue weighted by atomic mass is 9.80. The molecule has 2 aliphatic rings. The van der Waals surface area contributed by atoms with Gasteiger partial charge in [0.2, 0.25) is 0 Å². The molecular weight excluding hydrogens is 264 g/mol. The molecule has 1 aliphatic heterocycles. The van der Waals surface area contributed by atoms with Gasteiger partial charge >= 0.3 is 0 Å².